The van der Waals surface area contributed by atoms with Crippen LogP contribution in [0.5, 0.6) is 5.75 Å². The molecule has 0 saturated carbocycles. The average Bonchev–Trinajstić information content (AvgIpc) is 2.64. The molecule has 0 spiro atoms. The number of carbonyl (C=O) groups excluding carboxylic acids is 1. The van der Waals surface area contributed by atoms with E-state index in [0.29, 0.717) is 18.9 Å². The third kappa shape index (κ3) is 4.82. The summed E-state index contributed by atoms with van der Waals surface area (Å²) in [5.74, 6) is 1.52. The van der Waals surface area contributed by atoms with Gasteiger partial charge in [-0.3, -0.25) is 9.78 Å². The predicted octanol–water partition coefficient (Wildman–Crippen LogP) is 3.33. The van der Waals surface area contributed by atoms with Crippen LogP contribution in [0.15, 0.2) is 54.7 Å². The second-order valence-electron chi connectivity index (χ2n) is 6.28. The molecule has 0 bridgehead atoms. The fourth-order valence-corrected chi connectivity index (χ4v) is 3.20. The fourth-order valence-electron chi connectivity index (χ4n) is 3.20. The Morgan fingerprint density at radius 2 is 2.00 bits per heavy atom. The Morgan fingerprint density at radius 1 is 1.17 bits per heavy atom. The first-order chi connectivity index (χ1) is 11.8. The molecular formula is C20H24N2O2. The second kappa shape index (κ2) is 8.48. The van der Waals surface area contributed by atoms with Crippen LogP contribution in [0.3, 0.4) is 0 Å². The van der Waals surface area contributed by atoms with Crippen molar-refractivity contribution < 1.29 is 9.53 Å². The lowest BCUT2D eigenvalue weighted by atomic mass is 9.93. The highest BCUT2D eigenvalue weighted by molar-refractivity contribution is 5.76. The highest BCUT2D eigenvalue weighted by Gasteiger charge is 2.23. The standard InChI is InChI=1S/C20H24N2O2/c23-20(11-14-24-19-9-2-1-3-10-19)22-13-6-7-17(16-22)15-18-8-4-5-12-21-18/h1-5,8-10,12,17H,6-7,11,13-16H2. The molecule has 0 N–H and O–H groups in total. The molecule has 2 aromatic rings. The molecule has 3 rings (SSSR count). The number of amides is 1. The van der Waals surface area contributed by atoms with Gasteiger partial charge >= 0.3 is 0 Å². The normalized spacial score (nSPS) is 17.5. The van der Waals surface area contributed by atoms with Crippen LogP contribution < -0.4 is 4.74 Å². The Hall–Kier alpha value is -2.36. The van der Waals surface area contributed by atoms with E-state index in [-0.39, 0.29) is 5.91 Å². The fraction of sp³-hybridized carbons (Fsp3) is 0.400. The number of ether oxygens (including phenoxy) is 1. The number of aromatic nitrogens is 1. The number of carbonyl (C=O) groups is 1. The first-order valence-electron chi connectivity index (χ1n) is 8.67. The summed E-state index contributed by atoms with van der Waals surface area (Å²) in [6.45, 7) is 2.13. The number of piperidine rings is 1. The number of rotatable bonds is 6. The maximum atomic E-state index is 12.4. The largest absolute Gasteiger partial charge is 0.493 e. The van der Waals surface area contributed by atoms with Crippen molar-refractivity contribution in [2.24, 2.45) is 5.92 Å². The highest BCUT2D eigenvalue weighted by Crippen LogP contribution is 2.20. The van der Waals surface area contributed by atoms with Crippen molar-refractivity contribution in [2.75, 3.05) is 19.7 Å². The van der Waals surface area contributed by atoms with E-state index in [4.69, 9.17) is 4.74 Å². The zero-order chi connectivity index (χ0) is 16.6. The van der Waals surface area contributed by atoms with Crippen LogP contribution in [0.1, 0.15) is 25.0 Å². The molecule has 1 aromatic heterocycles. The van der Waals surface area contributed by atoms with Gasteiger partial charge in [0.2, 0.25) is 5.91 Å². The predicted molar refractivity (Wildman–Crippen MR) is 93.8 cm³/mol. The van der Waals surface area contributed by atoms with Crippen LogP contribution >= 0.6 is 0 Å². The number of hydrogen-bond donors (Lipinski definition) is 0. The van der Waals surface area contributed by atoms with Gasteiger partial charge < -0.3 is 9.64 Å². The van der Waals surface area contributed by atoms with Crippen LogP contribution in [0.4, 0.5) is 0 Å². The van der Waals surface area contributed by atoms with Gasteiger partial charge in [0.25, 0.3) is 0 Å². The molecule has 4 heteroatoms. The van der Waals surface area contributed by atoms with Crippen LogP contribution in [0, 0.1) is 5.92 Å². The summed E-state index contributed by atoms with van der Waals surface area (Å²) in [6.07, 6.45) is 5.46. The molecule has 1 saturated heterocycles. The summed E-state index contributed by atoms with van der Waals surface area (Å²) < 4.78 is 5.63. The summed E-state index contributed by atoms with van der Waals surface area (Å²) in [4.78, 5) is 18.8. The summed E-state index contributed by atoms with van der Waals surface area (Å²) in [5, 5.41) is 0. The SMILES string of the molecule is O=C(CCOc1ccccc1)N1CCCC(Cc2ccccn2)C1. The molecule has 1 unspecified atom stereocenters. The van der Waals surface area contributed by atoms with E-state index in [2.05, 4.69) is 11.1 Å². The van der Waals surface area contributed by atoms with Crippen molar-refractivity contribution in [2.45, 2.75) is 25.7 Å². The molecule has 1 fully saturated rings. The Morgan fingerprint density at radius 3 is 2.79 bits per heavy atom. The van der Waals surface area contributed by atoms with Crippen molar-refractivity contribution in [1.29, 1.82) is 0 Å². The first-order valence-corrected chi connectivity index (χ1v) is 8.67. The monoisotopic (exact) mass is 324 g/mol. The number of nitrogens with zero attached hydrogens (tertiary/aromatic N) is 2. The van der Waals surface area contributed by atoms with Crippen LogP contribution in [-0.4, -0.2) is 35.5 Å². The smallest absolute Gasteiger partial charge is 0.226 e. The van der Waals surface area contributed by atoms with Gasteiger partial charge in [0.15, 0.2) is 0 Å². The quantitative estimate of drug-likeness (QED) is 0.818. The molecule has 1 amide bonds. The Balaban J connectivity index is 1.44. The van der Waals surface area contributed by atoms with Crippen molar-refractivity contribution in [3.8, 4) is 5.75 Å². The van der Waals surface area contributed by atoms with Gasteiger partial charge in [-0.2, -0.15) is 0 Å². The number of benzene rings is 1. The molecule has 2 heterocycles. The van der Waals surface area contributed by atoms with Crippen molar-refractivity contribution in [3.63, 3.8) is 0 Å². The molecule has 4 nitrogen and oxygen atoms in total. The molecule has 1 atom stereocenters. The van der Waals surface area contributed by atoms with Crippen LogP contribution in [0.25, 0.3) is 0 Å². The maximum absolute atomic E-state index is 12.4. The Bertz CT molecular complexity index is 631. The van der Waals surface area contributed by atoms with Gasteiger partial charge in [-0.25, -0.2) is 0 Å². The van der Waals surface area contributed by atoms with E-state index < -0.39 is 0 Å². The first kappa shape index (κ1) is 16.5. The zero-order valence-corrected chi connectivity index (χ0v) is 13.9. The van der Waals surface area contributed by atoms with E-state index in [0.717, 1.165) is 37.4 Å². The minimum absolute atomic E-state index is 0.191. The number of pyridine rings is 1. The molecule has 0 aliphatic carbocycles. The Kier molecular flexibility index (Phi) is 5.83. The molecule has 0 radical (unpaired) electrons. The molecule has 126 valence electrons. The third-order valence-electron chi connectivity index (χ3n) is 4.42. The Labute approximate surface area is 143 Å². The molecule has 1 aromatic carbocycles. The van der Waals surface area contributed by atoms with Crippen LogP contribution in [0.2, 0.25) is 0 Å². The van der Waals surface area contributed by atoms with Crippen molar-refractivity contribution >= 4 is 5.91 Å². The van der Waals surface area contributed by atoms with E-state index in [1.165, 1.54) is 6.42 Å². The molecule has 1 aliphatic rings. The number of para-hydroxylation sites is 1. The summed E-state index contributed by atoms with van der Waals surface area (Å²) in [6, 6.07) is 15.7. The van der Waals surface area contributed by atoms with Crippen molar-refractivity contribution in [3.05, 3.63) is 60.4 Å². The van der Waals surface area contributed by atoms with Gasteiger partial charge in [0.05, 0.1) is 13.0 Å². The lowest BCUT2D eigenvalue weighted by molar-refractivity contribution is -0.133. The van der Waals surface area contributed by atoms with Gasteiger partial charge in [-0.1, -0.05) is 24.3 Å². The minimum Gasteiger partial charge on any atom is -0.493 e. The van der Waals surface area contributed by atoms with E-state index in [1.54, 1.807) is 0 Å². The van der Waals surface area contributed by atoms with Crippen LogP contribution in [-0.2, 0) is 11.2 Å². The van der Waals surface area contributed by atoms with Gasteiger partial charge in [0.1, 0.15) is 5.75 Å². The summed E-state index contributed by atoms with van der Waals surface area (Å²) in [7, 11) is 0. The van der Waals surface area contributed by atoms with E-state index in [1.807, 2.05) is 53.6 Å². The lowest BCUT2D eigenvalue weighted by Gasteiger charge is -2.32. The average molecular weight is 324 g/mol. The highest BCUT2D eigenvalue weighted by atomic mass is 16.5. The van der Waals surface area contributed by atoms with Gasteiger partial charge in [-0.15, -0.1) is 0 Å². The minimum atomic E-state index is 0.191. The topological polar surface area (TPSA) is 42.4 Å². The molecule has 24 heavy (non-hydrogen) atoms. The molecular weight excluding hydrogens is 300 g/mol. The number of likely N-dealkylation sites (tertiary alicyclic amines) is 1. The number of hydrogen-bond acceptors (Lipinski definition) is 3. The van der Waals surface area contributed by atoms with Crippen molar-refractivity contribution in [1.82, 2.24) is 9.88 Å². The third-order valence-corrected chi connectivity index (χ3v) is 4.42. The van der Waals surface area contributed by atoms with Gasteiger partial charge in [0, 0.05) is 25.0 Å². The van der Waals surface area contributed by atoms with E-state index >= 15 is 0 Å². The zero-order valence-electron chi connectivity index (χ0n) is 13.9. The maximum Gasteiger partial charge on any atom is 0.226 e. The van der Waals surface area contributed by atoms with Gasteiger partial charge in [-0.05, 0) is 49.4 Å². The summed E-state index contributed by atoms with van der Waals surface area (Å²) in [5.41, 5.74) is 1.12. The second-order valence-corrected chi connectivity index (χ2v) is 6.28. The summed E-state index contributed by atoms with van der Waals surface area (Å²) >= 11 is 0. The lowest BCUT2D eigenvalue weighted by Crippen LogP contribution is -2.41. The molecule has 1 aliphatic heterocycles. The van der Waals surface area contributed by atoms with E-state index in [9.17, 15) is 4.79 Å².